The summed E-state index contributed by atoms with van der Waals surface area (Å²) in [6, 6.07) is 3.95. The highest BCUT2D eigenvalue weighted by Crippen LogP contribution is 2.39. The first kappa shape index (κ1) is 19.6. The summed E-state index contributed by atoms with van der Waals surface area (Å²) in [4.78, 5) is 18.7. The standard InChI is InChI=1S/C19H27ClN4O3/c1-4-21-19(23-14-5-6-24(10-14)18(25)12(2)3)22-9-13-7-15(20)17-16(8-13)26-11-27-17/h7-8,12,14H,4-6,9-11H2,1-3H3,(H2,21,22,23). The Balaban J connectivity index is 1.62. The zero-order chi connectivity index (χ0) is 19.4. The number of likely N-dealkylation sites (tertiary alicyclic amines) is 1. The molecular weight excluding hydrogens is 368 g/mol. The molecule has 1 aromatic carbocycles. The summed E-state index contributed by atoms with van der Waals surface area (Å²) >= 11 is 6.24. The number of hydrogen-bond acceptors (Lipinski definition) is 4. The van der Waals surface area contributed by atoms with Crippen LogP contribution >= 0.6 is 11.6 Å². The lowest BCUT2D eigenvalue weighted by atomic mass is 10.2. The normalized spacial score (nSPS) is 18.9. The van der Waals surface area contributed by atoms with Crippen molar-refractivity contribution in [3.05, 3.63) is 22.7 Å². The Morgan fingerprint density at radius 3 is 2.96 bits per heavy atom. The number of benzene rings is 1. The third kappa shape index (κ3) is 4.77. The van der Waals surface area contributed by atoms with E-state index in [1.165, 1.54) is 0 Å². The second-order valence-corrected chi connectivity index (χ2v) is 7.48. The number of ether oxygens (including phenoxy) is 2. The fraction of sp³-hybridized carbons (Fsp3) is 0.579. The van der Waals surface area contributed by atoms with Gasteiger partial charge in [-0.2, -0.15) is 0 Å². The second kappa shape index (κ2) is 8.69. The van der Waals surface area contributed by atoms with Gasteiger partial charge < -0.3 is 25.0 Å². The Morgan fingerprint density at radius 1 is 1.41 bits per heavy atom. The van der Waals surface area contributed by atoms with Crippen LogP contribution in [0.25, 0.3) is 0 Å². The summed E-state index contributed by atoms with van der Waals surface area (Å²) in [5.74, 6) is 2.22. The van der Waals surface area contributed by atoms with Gasteiger partial charge in [0.15, 0.2) is 17.5 Å². The molecule has 0 saturated carbocycles. The molecule has 1 saturated heterocycles. The van der Waals surface area contributed by atoms with Crippen LogP contribution in [0.1, 0.15) is 32.8 Å². The average Bonchev–Trinajstić information content (AvgIpc) is 3.28. The Bertz CT molecular complexity index is 723. The summed E-state index contributed by atoms with van der Waals surface area (Å²) in [5, 5.41) is 7.23. The fourth-order valence-corrected chi connectivity index (χ4v) is 3.53. The minimum atomic E-state index is 0.0291. The lowest BCUT2D eigenvalue weighted by molar-refractivity contribution is -0.133. The van der Waals surface area contributed by atoms with Crippen molar-refractivity contribution in [1.29, 1.82) is 0 Å². The highest BCUT2D eigenvalue weighted by molar-refractivity contribution is 6.32. The molecule has 148 valence electrons. The molecule has 2 aliphatic rings. The van der Waals surface area contributed by atoms with Crippen molar-refractivity contribution >= 4 is 23.5 Å². The maximum atomic E-state index is 12.2. The highest BCUT2D eigenvalue weighted by Gasteiger charge is 2.28. The largest absolute Gasteiger partial charge is 0.454 e. The van der Waals surface area contributed by atoms with E-state index in [1.54, 1.807) is 0 Å². The molecule has 1 atom stereocenters. The van der Waals surface area contributed by atoms with Gasteiger partial charge in [0.1, 0.15) is 0 Å². The smallest absolute Gasteiger partial charge is 0.231 e. The van der Waals surface area contributed by atoms with Gasteiger partial charge in [0.05, 0.1) is 11.6 Å². The van der Waals surface area contributed by atoms with E-state index < -0.39 is 0 Å². The highest BCUT2D eigenvalue weighted by atomic mass is 35.5. The molecule has 0 aliphatic carbocycles. The molecule has 0 spiro atoms. The van der Waals surface area contributed by atoms with Crippen molar-refractivity contribution in [3.8, 4) is 11.5 Å². The van der Waals surface area contributed by atoms with Crippen LogP contribution in [-0.4, -0.2) is 49.2 Å². The van der Waals surface area contributed by atoms with E-state index in [9.17, 15) is 4.79 Å². The molecule has 2 N–H and O–H groups in total. The number of nitrogens with zero attached hydrogens (tertiary/aromatic N) is 2. The minimum absolute atomic E-state index is 0.0291. The number of rotatable bonds is 5. The molecule has 1 fully saturated rings. The topological polar surface area (TPSA) is 75.2 Å². The molecule has 0 radical (unpaired) electrons. The number of amides is 1. The Hall–Kier alpha value is -2.15. The molecule has 2 heterocycles. The van der Waals surface area contributed by atoms with Crippen molar-refractivity contribution in [2.45, 2.75) is 39.8 Å². The van der Waals surface area contributed by atoms with E-state index in [1.807, 2.05) is 37.8 Å². The molecule has 1 amide bonds. The molecule has 27 heavy (non-hydrogen) atoms. The first-order valence-corrected chi connectivity index (χ1v) is 9.77. The van der Waals surface area contributed by atoms with Gasteiger partial charge in [-0.1, -0.05) is 25.4 Å². The molecule has 8 heteroatoms. The maximum Gasteiger partial charge on any atom is 0.231 e. The first-order chi connectivity index (χ1) is 13.0. The SMILES string of the molecule is CCNC(=NCc1cc(Cl)c2c(c1)OCO2)NC1CCN(C(=O)C(C)C)C1. The van der Waals surface area contributed by atoms with Crippen molar-refractivity contribution in [2.75, 3.05) is 26.4 Å². The van der Waals surface area contributed by atoms with E-state index in [-0.39, 0.29) is 24.7 Å². The van der Waals surface area contributed by atoms with Crippen LogP contribution in [0, 0.1) is 5.92 Å². The number of aliphatic imine (C=N–C) groups is 1. The van der Waals surface area contributed by atoms with Gasteiger partial charge in [-0.25, -0.2) is 4.99 Å². The van der Waals surface area contributed by atoms with Crippen molar-refractivity contribution < 1.29 is 14.3 Å². The number of carbonyl (C=O) groups is 1. The molecule has 3 rings (SSSR count). The van der Waals surface area contributed by atoms with Gasteiger partial charge in [-0.3, -0.25) is 4.79 Å². The van der Waals surface area contributed by atoms with Crippen LogP contribution in [0.3, 0.4) is 0 Å². The van der Waals surface area contributed by atoms with Crippen molar-refractivity contribution in [2.24, 2.45) is 10.9 Å². The van der Waals surface area contributed by atoms with Gasteiger partial charge in [0, 0.05) is 31.6 Å². The van der Waals surface area contributed by atoms with Gasteiger partial charge >= 0.3 is 0 Å². The van der Waals surface area contributed by atoms with E-state index in [0.717, 1.165) is 31.0 Å². The Kier molecular flexibility index (Phi) is 6.31. The average molecular weight is 395 g/mol. The Labute approximate surface area is 165 Å². The van der Waals surface area contributed by atoms with Gasteiger partial charge in [0.2, 0.25) is 12.7 Å². The molecule has 1 aromatic rings. The molecular formula is C19H27ClN4O3. The molecule has 0 aromatic heterocycles. The quantitative estimate of drug-likeness (QED) is 0.592. The van der Waals surface area contributed by atoms with Crippen LogP contribution in [0.5, 0.6) is 11.5 Å². The summed E-state index contributed by atoms with van der Waals surface area (Å²) in [7, 11) is 0. The van der Waals surface area contributed by atoms with Crippen molar-refractivity contribution in [1.82, 2.24) is 15.5 Å². The van der Waals surface area contributed by atoms with Crippen LogP contribution < -0.4 is 20.1 Å². The minimum Gasteiger partial charge on any atom is -0.454 e. The lowest BCUT2D eigenvalue weighted by Gasteiger charge is -2.20. The third-order valence-corrected chi connectivity index (χ3v) is 4.87. The lowest BCUT2D eigenvalue weighted by Crippen LogP contribution is -2.45. The number of fused-ring (bicyclic) bond motifs is 1. The van der Waals surface area contributed by atoms with Crippen LogP contribution in [0.15, 0.2) is 17.1 Å². The van der Waals surface area contributed by atoms with Crippen molar-refractivity contribution in [3.63, 3.8) is 0 Å². The van der Waals surface area contributed by atoms with E-state index in [4.69, 9.17) is 21.1 Å². The molecule has 7 nitrogen and oxygen atoms in total. The third-order valence-electron chi connectivity index (χ3n) is 4.59. The monoisotopic (exact) mass is 394 g/mol. The fourth-order valence-electron chi connectivity index (χ4n) is 3.24. The molecule has 1 unspecified atom stereocenters. The first-order valence-electron chi connectivity index (χ1n) is 9.39. The number of halogens is 1. The van der Waals surface area contributed by atoms with E-state index in [2.05, 4.69) is 15.6 Å². The number of guanidine groups is 1. The van der Waals surface area contributed by atoms with E-state index in [0.29, 0.717) is 29.6 Å². The van der Waals surface area contributed by atoms with Crippen LogP contribution in [0.4, 0.5) is 0 Å². The summed E-state index contributed by atoms with van der Waals surface area (Å²) in [6.45, 7) is 8.80. The van der Waals surface area contributed by atoms with Gasteiger partial charge in [-0.15, -0.1) is 0 Å². The van der Waals surface area contributed by atoms with Gasteiger partial charge in [0.25, 0.3) is 0 Å². The number of nitrogens with one attached hydrogen (secondary N) is 2. The molecule has 0 bridgehead atoms. The molecule has 2 aliphatic heterocycles. The maximum absolute atomic E-state index is 12.2. The Morgan fingerprint density at radius 2 is 2.22 bits per heavy atom. The summed E-state index contributed by atoms with van der Waals surface area (Å²) in [6.07, 6.45) is 0.915. The summed E-state index contributed by atoms with van der Waals surface area (Å²) in [5.41, 5.74) is 0.949. The van der Waals surface area contributed by atoms with Crippen LogP contribution in [0.2, 0.25) is 5.02 Å². The number of hydrogen-bond donors (Lipinski definition) is 2. The van der Waals surface area contributed by atoms with Crippen LogP contribution in [-0.2, 0) is 11.3 Å². The predicted molar refractivity (Wildman–Crippen MR) is 105 cm³/mol. The van der Waals surface area contributed by atoms with E-state index >= 15 is 0 Å². The zero-order valence-electron chi connectivity index (χ0n) is 16.0. The predicted octanol–water partition coefficient (Wildman–Crippen LogP) is 2.38. The second-order valence-electron chi connectivity index (χ2n) is 7.08. The summed E-state index contributed by atoms with van der Waals surface area (Å²) < 4.78 is 10.7. The number of carbonyl (C=O) groups excluding carboxylic acids is 1. The van der Waals surface area contributed by atoms with Gasteiger partial charge in [-0.05, 0) is 31.0 Å². The zero-order valence-corrected chi connectivity index (χ0v) is 16.8.